The lowest BCUT2D eigenvalue weighted by Crippen LogP contribution is -2.43. The van der Waals surface area contributed by atoms with Crippen LogP contribution in [0.25, 0.3) is 0 Å². The molecule has 0 spiro atoms. The first-order valence-electron chi connectivity index (χ1n) is 7.91. The Morgan fingerprint density at radius 3 is 2.67 bits per heavy atom. The van der Waals surface area contributed by atoms with Crippen molar-refractivity contribution in [2.45, 2.75) is 6.04 Å². The average Bonchev–Trinajstić information content (AvgIpc) is 3.17. The molecule has 1 atom stereocenters. The van der Waals surface area contributed by atoms with Gasteiger partial charge in [0.25, 0.3) is 5.91 Å². The molecule has 3 rings (SSSR count). The molecular formula is C18H19N3O2S. The van der Waals surface area contributed by atoms with Crippen LogP contribution >= 0.6 is 11.3 Å². The number of hydrogen-bond acceptors (Lipinski definition) is 5. The van der Waals surface area contributed by atoms with Crippen LogP contribution in [0.15, 0.2) is 41.8 Å². The number of morpholine rings is 1. The Morgan fingerprint density at radius 1 is 1.29 bits per heavy atom. The Morgan fingerprint density at radius 2 is 2.04 bits per heavy atom. The third-order valence-corrected chi connectivity index (χ3v) is 5.06. The molecule has 1 aromatic heterocycles. The average molecular weight is 341 g/mol. The molecule has 1 saturated heterocycles. The van der Waals surface area contributed by atoms with Crippen molar-refractivity contribution < 1.29 is 9.53 Å². The van der Waals surface area contributed by atoms with E-state index in [9.17, 15) is 4.79 Å². The summed E-state index contributed by atoms with van der Waals surface area (Å²) >= 11 is 1.71. The maximum atomic E-state index is 12.4. The highest BCUT2D eigenvalue weighted by molar-refractivity contribution is 7.10. The monoisotopic (exact) mass is 341 g/mol. The molecule has 0 aliphatic carbocycles. The van der Waals surface area contributed by atoms with Crippen LogP contribution in [0.1, 0.15) is 26.8 Å². The van der Waals surface area contributed by atoms with Crippen molar-refractivity contribution in [2.24, 2.45) is 0 Å². The molecule has 1 fully saturated rings. The minimum absolute atomic E-state index is 0.116. The van der Waals surface area contributed by atoms with Gasteiger partial charge in [0.15, 0.2) is 0 Å². The van der Waals surface area contributed by atoms with E-state index in [1.165, 1.54) is 4.88 Å². The molecule has 5 nitrogen and oxygen atoms in total. The number of nitrogens with zero attached hydrogens (tertiary/aromatic N) is 2. The number of nitriles is 1. The van der Waals surface area contributed by atoms with E-state index in [-0.39, 0.29) is 11.9 Å². The molecule has 0 saturated carbocycles. The van der Waals surface area contributed by atoms with Crippen LogP contribution in [0.5, 0.6) is 0 Å². The summed E-state index contributed by atoms with van der Waals surface area (Å²) in [4.78, 5) is 16.0. The van der Waals surface area contributed by atoms with Gasteiger partial charge in [0.05, 0.1) is 30.9 Å². The van der Waals surface area contributed by atoms with Crippen molar-refractivity contribution in [3.05, 3.63) is 57.8 Å². The van der Waals surface area contributed by atoms with E-state index in [2.05, 4.69) is 27.7 Å². The van der Waals surface area contributed by atoms with Gasteiger partial charge in [-0.25, -0.2) is 0 Å². The minimum Gasteiger partial charge on any atom is -0.379 e. The summed E-state index contributed by atoms with van der Waals surface area (Å²) in [7, 11) is 0. The lowest BCUT2D eigenvalue weighted by molar-refractivity contribution is 0.0169. The molecule has 1 aliphatic rings. The van der Waals surface area contributed by atoms with Gasteiger partial charge in [-0.3, -0.25) is 9.69 Å². The van der Waals surface area contributed by atoms with E-state index < -0.39 is 0 Å². The Hall–Kier alpha value is -2.20. The number of carbonyl (C=O) groups is 1. The van der Waals surface area contributed by atoms with E-state index in [0.717, 1.165) is 26.3 Å². The number of benzene rings is 1. The molecule has 2 aromatic rings. The van der Waals surface area contributed by atoms with E-state index >= 15 is 0 Å². The molecule has 1 aromatic carbocycles. The summed E-state index contributed by atoms with van der Waals surface area (Å²) in [5.74, 6) is -0.116. The fourth-order valence-electron chi connectivity index (χ4n) is 2.77. The number of amides is 1. The number of hydrogen-bond donors (Lipinski definition) is 1. The summed E-state index contributed by atoms with van der Waals surface area (Å²) < 4.78 is 5.43. The number of rotatable bonds is 5. The normalized spacial score (nSPS) is 16.3. The van der Waals surface area contributed by atoms with Crippen molar-refractivity contribution in [3.63, 3.8) is 0 Å². The van der Waals surface area contributed by atoms with Crippen molar-refractivity contribution in [1.29, 1.82) is 5.26 Å². The second-order valence-corrected chi connectivity index (χ2v) is 6.56. The van der Waals surface area contributed by atoms with Gasteiger partial charge in [-0.05, 0) is 35.7 Å². The smallest absolute Gasteiger partial charge is 0.251 e. The van der Waals surface area contributed by atoms with E-state index in [1.807, 2.05) is 6.07 Å². The SMILES string of the molecule is N#Cc1ccc(C(=O)NCC(c2cccs2)N2CCOCC2)cc1. The highest BCUT2D eigenvalue weighted by Gasteiger charge is 2.24. The Kier molecular flexibility index (Phi) is 5.59. The van der Waals surface area contributed by atoms with Crippen LogP contribution in [-0.2, 0) is 4.74 Å². The fourth-order valence-corrected chi connectivity index (χ4v) is 3.63. The van der Waals surface area contributed by atoms with Gasteiger partial charge >= 0.3 is 0 Å². The van der Waals surface area contributed by atoms with E-state index in [4.69, 9.17) is 10.00 Å². The van der Waals surface area contributed by atoms with Crippen LogP contribution in [0.4, 0.5) is 0 Å². The van der Waals surface area contributed by atoms with Crippen LogP contribution in [0.2, 0.25) is 0 Å². The zero-order valence-electron chi connectivity index (χ0n) is 13.3. The van der Waals surface area contributed by atoms with Crippen molar-refractivity contribution in [3.8, 4) is 6.07 Å². The molecule has 1 aliphatic heterocycles. The second-order valence-electron chi connectivity index (χ2n) is 5.58. The molecule has 6 heteroatoms. The summed E-state index contributed by atoms with van der Waals surface area (Å²) in [6.45, 7) is 3.75. The predicted octanol–water partition coefficient (Wildman–Crippen LogP) is 2.42. The molecule has 1 unspecified atom stereocenters. The third-order valence-electron chi connectivity index (χ3n) is 4.09. The molecule has 24 heavy (non-hydrogen) atoms. The van der Waals surface area contributed by atoms with E-state index in [0.29, 0.717) is 17.7 Å². The quantitative estimate of drug-likeness (QED) is 0.907. The van der Waals surface area contributed by atoms with Crippen LogP contribution in [0.3, 0.4) is 0 Å². The van der Waals surface area contributed by atoms with Gasteiger partial charge < -0.3 is 10.1 Å². The number of carbonyl (C=O) groups excluding carboxylic acids is 1. The first kappa shape index (κ1) is 16.7. The van der Waals surface area contributed by atoms with Crippen molar-refractivity contribution >= 4 is 17.2 Å². The zero-order valence-corrected chi connectivity index (χ0v) is 14.1. The lowest BCUT2D eigenvalue weighted by Gasteiger charge is -2.34. The summed E-state index contributed by atoms with van der Waals surface area (Å²) in [5, 5.41) is 13.9. The highest BCUT2D eigenvalue weighted by atomic mass is 32.1. The van der Waals surface area contributed by atoms with Crippen molar-refractivity contribution in [1.82, 2.24) is 10.2 Å². The minimum atomic E-state index is -0.116. The summed E-state index contributed by atoms with van der Waals surface area (Å²) in [6.07, 6.45) is 0. The van der Waals surface area contributed by atoms with Crippen LogP contribution in [0, 0.1) is 11.3 Å². The van der Waals surface area contributed by atoms with Gasteiger partial charge in [0.2, 0.25) is 0 Å². The molecule has 124 valence electrons. The Balaban J connectivity index is 1.66. The van der Waals surface area contributed by atoms with Crippen LogP contribution < -0.4 is 5.32 Å². The fraction of sp³-hybridized carbons (Fsp3) is 0.333. The second kappa shape index (κ2) is 8.06. The van der Waals surface area contributed by atoms with Gasteiger partial charge in [0, 0.05) is 30.1 Å². The third kappa shape index (κ3) is 4.01. The van der Waals surface area contributed by atoms with Gasteiger partial charge in [-0.15, -0.1) is 11.3 Å². The Labute approximate surface area is 145 Å². The van der Waals surface area contributed by atoms with Gasteiger partial charge in [0.1, 0.15) is 0 Å². The topological polar surface area (TPSA) is 65.4 Å². The number of ether oxygens (including phenoxy) is 1. The molecule has 0 radical (unpaired) electrons. The van der Waals surface area contributed by atoms with E-state index in [1.54, 1.807) is 35.6 Å². The predicted molar refractivity (Wildman–Crippen MR) is 92.9 cm³/mol. The van der Waals surface area contributed by atoms with Gasteiger partial charge in [-0.2, -0.15) is 5.26 Å². The molecule has 1 N–H and O–H groups in total. The highest BCUT2D eigenvalue weighted by Crippen LogP contribution is 2.25. The van der Waals surface area contributed by atoms with Crippen molar-refractivity contribution in [2.75, 3.05) is 32.8 Å². The number of nitrogens with one attached hydrogen (secondary N) is 1. The summed E-state index contributed by atoms with van der Waals surface area (Å²) in [6, 6.07) is 13.1. The maximum Gasteiger partial charge on any atom is 0.251 e. The largest absolute Gasteiger partial charge is 0.379 e. The van der Waals surface area contributed by atoms with Crippen LogP contribution in [-0.4, -0.2) is 43.7 Å². The zero-order chi connectivity index (χ0) is 16.8. The number of thiophene rings is 1. The summed E-state index contributed by atoms with van der Waals surface area (Å²) in [5.41, 5.74) is 1.12. The first-order chi connectivity index (χ1) is 11.8. The standard InChI is InChI=1S/C18H19N3O2S/c19-12-14-3-5-15(6-4-14)18(22)20-13-16(17-2-1-11-24-17)21-7-9-23-10-8-21/h1-6,11,16H,7-10,13H2,(H,20,22). The molecule has 0 bridgehead atoms. The molecule has 2 heterocycles. The lowest BCUT2D eigenvalue weighted by atomic mass is 10.1. The Bertz CT molecular complexity index is 701. The van der Waals surface area contributed by atoms with Gasteiger partial charge in [-0.1, -0.05) is 6.07 Å². The molecular weight excluding hydrogens is 322 g/mol. The maximum absolute atomic E-state index is 12.4. The molecule has 1 amide bonds. The first-order valence-corrected chi connectivity index (χ1v) is 8.79.